The molecule has 0 radical (unpaired) electrons. The molecule has 2 rings (SSSR count). The first-order valence-corrected chi connectivity index (χ1v) is 9.09. The van der Waals surface area contributed by atoms with Crippen LogP contribution in [0.5, 0.6) is 5.75 Å². The van der Waals surface area contributed by atoms with E-state index in [-0.39, 0.29) is 5.75 Å². The molecule has 1 aromatic carbocycles. The van der Waals surface area contributed by atoms with Crippen LogP contribution in [0, 0.1) is 0 Å². The third-order valence-corrected chi connectivity index (χ3v) is 4.00. The maximum Gasteiger partial charge on any atom is 0.148 e. The van der Waals surface area contributed by atoms with Crippen molar-refractivity contribution < 1.29 is 13.2 Å². The minimum absolute atomic E-state index is 0.131. The first-order chi connectivity index (χ1) is 10.5. The van der Waals surface area contributed by atoms with Gasteiger partial charge in [-0.15, -0.1) is 0 Å². The second-order valence-electron chi connectivity index (χ2n) is 5.06. The molecule has 2 aromatic rings. The van der Waals surface area contributed by atoms with Crippen molar-refractivity contribution in [3.05, 3.63) is 59.9 Å². The number of hydrogen-bond acceptors (Lipinski definition) is 5. The van der Waals surface area contributed by atoms with Crippen LogP contribution >= 0.6 is 0 Å². The Hall–Kier alpha value is -1.92. The molecule has 0 aliphatic carbocycles. The van der Waals surface area contributed by atoms with E-state index in [0.717, 1.165) is 16.9 Å². The molecule has 0 saturated carbocycles. The van der Waals surface area contributed by atoms with E-state index in [4.69, 9.17) is 4.74 Å². The predicted octanol–water partition coefficient (Wildman–Crippen LogP) is 1.79. The van der Waals surface area contributed by atoms with Gasteiger partial charge in [-0.3, -0.25) is 4.98 Å². The van der Waals surface area contributed by atoms with Crippen LogP contribution in [0.3, 0.4) is 0 Å². The fourth-order valence-corrected chi connectivity index (χ4v) is 2.43. The minimum atomic E-state index is -2.94. The summed E-state index contributed by atoms with van der Waals surface area (Å²) in [4.78, 5) is 4.05. The van der Waals surface area contributed by atoms with Crippen molar-refractivity contribution in [3.63, 3.8) is 0 Å². The highest BCUT2D eigenvalue weighted by atomic mass is 32.2. The van der Waals surface area contributed by atoms with Crippen LogP contribution in [-0.4, -0.2) is 32.0 Å². The fraction of sp³-hybridized carbons (Fsp3) is 0.312. The molecule has 0 bridgehead atoms. The molecule has 0 spiro atoms. The Morgan fingerprint density at radius 2 is 2.00 bits per heavy atom. The molecule has 1 heterocycles. The Bertz CT molecular complexity index is 688. The van der Waals surface area contributed by atoms with Gasteiger partial charge < -0.3 is 10.1 Å². The van der Waals surface area contributed by atoms with Crippen LogP contribution in [0.15, 0.2) is 48.8 Å². The van der Waals surface area contributed by atoms with Gasteiger partial charge in [-0.2, -0.15) is 0 Å². The van der Waals surface area contributed by atoms with Crippen molar-refractivity contribution in [2.45, 2.75) is 13.2 Å². The van der Waals surface area contributed by atoms with Crippen molar-refractivity contribution >= 4 is 9.84 Å². The maximum absolute atomic E-state index is 11.1. The van der Waals surface area contributed by atoms with Gasteiger partial charge in [0.05, 0.1) is 5.75 Å². The fourth-order valence-electron chi connectivity index (χ4n) is 1.92. The van der Waals surface area contributed by atoms with Crippen LogP contribution in [0.1, 0.15) is 11.1 Å². The average Bonchev–Trinajstić information content (AvgIpc) is 2.50. The van der Waals surface area contributed by atoms with Gasteiger partial charge in [0.25, 0.3) is 0 Å². The molecule has 0 amide bonds. The van der Waals surface area contributed by atoms with Crippen molar-refractivity contribution in [1.29, 1.82) is 0 Å². The number of pyridine rings is 1. The lowest BCUT2D eigenvalue weighted by Crippen LogP contribution is -2.22. The van der Waals surface area contributed by atoms with Crippen LogP contribution in [0.2, 0.25) is 0 Å². The van der Waals surface area contributed by atoms with E-state index < -0.39 is 9.84 Å². The largest absolute Gasteiger partial charge is 0.489 e. The van der Waals surface area contributed by atoms with E-state index in [2.05, 4.69) is 10.3 Å². The third-order valence-electron chi connectivity index (χ3n) is 3.05. The zero-order valence-electron chi connectivity index (χ0n) is 12.5. The maximum atomic E-state index is 11.1. The topological polar surface area (TPSA) is 68.3 Å². The summed E-state index contributed by atoms with van der Waals surface area (Å²) in [5, 5.41) is 3.13. The van der Waals surface area contributed by atoms with E-state index in [0.29, 0.717) is 19.7 Å². The molecule has 6 heteroatoms. The SMILES string of the molecule is CS(=O)(=O)CCNCc1ccccc1OCc1cccnc1. The number of hydrogen-bond donors (Lipinski definition) is 1. The third kappa shape index (κ3) is 5.83. The number of para-hydroxylation sites is 1. The summed E-state index contributed by atoms with van der Waals surface area (Å²) in [5.74, 6) is 0.921. The zero-order valence-corrected chi connectivity index (χ0v) is 13.3. The summed E-state index contributed by atoms with van der Waals surface area (Å²) in [6.07, 6.45) is 4.73. The number of rotatable bonds is 8. The number of nitrogens with one attached hydrogen (secondary N) is 1. The van der Waals surface area contributed by atoms with E-state index in [1.54, 1.807) is 12.4 Å². The van der Waals surface area contributed by atoms with E-state index in [9.17, 15) is 8.42 Å². The smallest absolute Gasteiger partial charge is 0.148 e. The Balaban J connectivity index is 1.89. The van der Waals surface area contributed by atoms with Crippen molar-refractivity contribution in [1.82, 2.24) is 10.3 Å². The van der Waals surface area contributed by atoms with Crippen LogP contribution in [0.4, 0.5) is 0 Å². The number of benzene rings is 1. The summed E-state index contributed by atoms with van der Waals surface area (Å²) in [6.45, 7) is 1.45. The van der Waals surface area contributed by atoms with Gasteiger partial charge in [0, 0.05) is 42.9 Å². The monoisotopic (exact) mass is 320 g/mol. The van der Waals surface area contributed by atoms with Gasteiger partial charge in [-0.05, 0) is 12.1 Å². The Morgan fingerprint density at radius 3 is 2.73 bits per heavy atom. The summed E-state index contributed by atoms with van der Waals surface area (Å²) in [5.41, 5.74) is 2.00. The normalized spacial score (nSPS) is 11.3. The van der Waals surface area contributed by atoms with Gasteiger partial charge in [0.15, 0.2) is 0 Å². The molecule has 1 aromatic heterocycles. The van der Waals surface area contributed by atoms with Gasteiger partial charge in [-0.25, -0.2) is 8.42 Å². The quantitative estimate of drug-likeness (QED) is 0.751. The lowest BCUT2D eigenvalue weighted by atomic mass is 10.2. The second kappa shape index (κ2) is 7.91. The Kier molecular flexibility index (Phi) is 5.91. The first kappa shape index (κ1) is 16.5. The van der Waals surface area contributed by atoms with Gasteiger partial charge in [0.2, 0.25) is 0 Å². The first-order valence-electron chi connectivity index (χ1n) is 7.03. The lowest BCUT2D eigenvalue weighted by Gasteiger charge is -2.12. The molecule has 5 nitrogen and oxygen atoms in total. The highest BCUT2D eigenvalue weighted by Gasteiger charge is 2.05. The molecule has 0 atom stereocenters. The summed E-state index contributed by atoms with van der Waals surface area (Å²) in [7, 11) is -2.94. The minimum Gasteiger partial charge on any atom is -0.489 e. The average molecular weight is 320 g/mol. The molecule has 0 unspecified atom stereocenters. The molecule has 118 valence electrons. The number of sulfone groups is 1. The Morgan fingerprint density at radius 1 is 1.18 bits per heavy atom. The standard InChI is InChI=1S/C16H20N2O3S/c1-22(19,20)10-9-18-12-15-6-2-3-7-16(15)21-13-14-5-4-8-17-11-14/h2-8,11,18H,9-10,12-13H2,1H3. The van der Waals surface area contributed by atoms with Gasteiger partial charge >= 0.3 is 0 Å². The van der Waals surface area contributed by atoms with E-state index >= 15 is 0 Å². The van der Waals surface area contributed by atoms with Crippen LogP contribution in [0.25, 0.3) is 0 Å². The molecule has 22 heavy (non-hydrogen) atoms. The number of nitrogens with zero attached hydrogens (tertiary/aromatic N) is 1. The second-order valence-corrected chi connectivity index (χ2v) is 7.32. The lowest BCUT2D eigenvalue weighted by molar-refractivity contribution is 0.302. The molecular formula is C16H20N2O3S. The Labute approximate surface area is 131 Å². The molecule has 1 N–H and O–H groups in total. The molecule has 0 saturated heterocycles. The molecule has 0 aliphatic rings. The number of ether oxygens (including phenoxy) is 1. The molecule has 0 aliphatic heterocycles. The summed E-state index contributed by atoms with van der Waals surface area (Å²) in [6, 6.07) is 11.6. The van der Waals surface area contributed by atoms with Gasteiger partial charge in [-0.1, -0.05) is 24.3 Å². The highest BCUT2D eigenvalue weighted by Crippen LogP contribution is 2.19. The summed E-state index contributed by atoms with van der Waals surface area (Å²) < 4.78 is 28.0. The highest BCUT2D eigenvalue weighted by molar-refractivity contribution is 7.90. The summed E-state index contributed by atoms with van der Waals surface area (Å²) >= 11 is 0. The molecular weight excluding hydrogens is 300 g/mol. The molecule has 0 fully saturated rings. The van der Waals surface area contributed by atoms with Crippen molar-refractivity contribution in [2.75, 3.05) is 18.6 Å². The van der Waals surface area contributed by atoms with Crippen molar-refractivity contribution in [2.24, 2.45) is 0 Å². The van der Waals surface area contributed by atoms with E-state index in [1.165, 1.54) is 6.26 Å². The van der Waals surface area contributed by atoms with Gasteiger partial charge in [0.1, 0.15) is 22.2 Å². The number of aromatic nitrogens is 1. The van der Waals surface area contributed by atoms with Crippen molar-refractivity contribution in [3.8, 4) is 5.75 Å². The van der Waals surface area contributed by atoms with Crippen LogP contribution in [-0.2, 0) is 23.0 Å². The zero-order chi connectivity index (χ0) is 15.8. The van der Waals surface area contributed by atoms with Crippen LogP contribution < -0.4 is 10.1 Å². The van der Waals surface area contributed by atoms with E-state index in [1.807, 2.05) is 36.4 Å². The predicted molar refractivity (Wildman–Crippen MR) is 86.4 cm³/mol.